The third-order valence-electron chi connectivity index (χ3n) is 6.28. The lowest BCUT2D eigenvalue weighted by Crippen LogP contribution is -2.32. The molecule has 1 aliphatic rings. The molecule has 194 valence electrons. The zero-order valence-electron chi connectivity index (χ0n) is 21.7. The van der Waals surface area contributed by atoms with E-state index in [1.807, 2.05) is 32.0 Å². The monoisotopic (exact) mass is 496 g/mol. The minimum atomic E-state index is -0.818. The Labute approximate surface area is 212 Å². The van der Waals surface area contributed by atoms with Gasteiger partial charge in [-0.05, 0) is 81.9 Å². The molecule has 8 nitrogen and oxygen atoms in total. The number of carbonyl (C=O) groups excluding carboxylic acids is 2. The first-order valence-corrected chi connectivity index (χ1v) is 12.2. The van der Waals surface area contributed by atoms with Crippen LogP contribution in [0, 0.1) is 6.92 Å². The van der Waals surface area contributed by atoms with E-state index in [0.29, 0.717) is 36.4 Å². The Balaban J connectivity index is 2.08. The molecule has 36 heavy (non-hydrogen) atoms. The first-order chi connectivity index (χ1) is 17.2. The van der Waals surface area contributed by atoms with Gasteiger partial charge in [0.15, 0.2) is 11.5 Å². The quantitative estimate of drug-likeness (QED) is 0.208. The van der Waals surface area contributed by atoms with Gasteiger partial charge in [0.05, 0.1) is 25.3 Å². The van der Waals surface area contributed by atoms with Crippen LogP contribution in [0.2, 0.25) is 0 Å². The molecule has 3 rings (SSSR count). The number of phenols is 1. The summed E-state index contributed by atoms with van der Waals surface area (Å²) in [4.78, 5) is 29.9. The molecule has 0 bridgehead atoms. The summed E-state index contributed by atoms with van der Waals surface area (Å²) in [5.41, 5.74) is 1.76. The van der Waals surface area contributed by atoms with Gasteiger partial charge in [-0.2, -0.15) is 0 Å². The maximum absolute atomic E-state index is 13.3. The van der Waals surface area contributed by atoms with E-state index in [-0.39, 0.29) is 22.8 Å². The molecule has 1 heterocycles. The lowest BCUT2D eigenvalue weighted by Gasteiger charge is -2.26. The molecule has 1 atom stereocenters. The average Bonchev–Trinajstić information content (AvgIpc) is 3.09. The molecule has 2 aromatic rings. The third kappa shape index (κ3) is 5.82. The maximum Gasteiger partial charge on any atom is 0.295 e. The molecule has 0 aromatic heterocycles. The van der Waals surface area contributed by atoms with E-state index in [9.17, 15) is 19.8 Å². The minimum absolute atomic E-state index is 0.0142. The number of unbranched alkanes of at least 4 members (excludes halogenated alkanes) is 1. The summed E-state index contributed by atoms with van der Waals surface area (Å²) in [6, 6.07) is 9.15. The predicted octanol–water partition coefficient (Wildman–Crippen LogP) is 4.26. The van der Waals surface area contributed by atoms with Crippen LogP contribution in [0.3, 0.4) is 0 Å². The number of rotatable bonds is 11. The van der Waals surface area contributed by atoms with E-state index >= 15 is 0 Å². The molecule has 2 aromatic carbocycles. The van der Waals surface area contributed by atoms with Crippen LogP contribution in [0.5, 0.6) is 17.2 Å². The Morgan fingerprint density at radius 1 is 1.11 bits per heavy atom. The number of hydrogen-bond acceptors (Lipinski definition) is 7. The van der Waals surface area contributed by atoms with E-state index in [0.717, 1.165) is 24.9 Å². The van der Waals surface area contributed by atoms with Crippen LogP contribution in [-0.4, -0.2) is 72.6 Å². The fourth-order valence-electron chi connectivity index (χ4n) is 4.35. The van der Waals surface area contributed by atoms with Crippen LogP contribution in [0.25, 0.3) is 5.76 Å². The Morgan fingerprint density at radius 3 is 2.50 bits per heavy atom. The molecular formula is C28H36N2O6. The van der Waals surface area contributed by atoms with Gasteiger partial charge in [-0.1, -0.05) is 19.4 Å². The SMILES string of the molecule is CCCCOc1ccc(C(O)=C2C(=O)C(=O)N(CCCN(C)C)[C@H]2c2ccc(O)c(OC)c2)c(C)c1. The van der Waals surface area contributed by atoms with Crippen LogP contribution >= 0.6 is 0 Å². The smallest absolute Gasteiger partial charge is 0.295 e. The normalized spacial score (nSPS) is 17.2. The number of aliphatic hydroxyl groups excluding tert-OH is 1. The summed E-state index contributed by atoms with van der Waals surface area (Å²) in [6.07, 6.45) is 2.61. The highest BCUT2D eigenvalue weighted by atomic mass is 16.5. The van der Waals surface area contributed by atoms with Gasteiger partial charge in [0.2, 0.25) is 0 Å². The first kappa shape index (κ1) is 27.1. The number of hydrogen-bond donors (Lipinski definition) is 2. The van der Waals surface area contributed by atoms with Gasteiger partial charge in [0.1, 0.15) is 11.5 Å². The van der Waals surface area contributed by atoms with Crippen LogP contribution in [0.15, 0.2) is 42.0 Å². The van der Waals surface area contributed by atoms with Crippen molar-refractivity contribution < 1.29 is 29.3 Å². The van der Waals surface area contributed by atoms with Crippen LogP contribution in [0.4, 0.5) is 0 Å². The summed E-state index contributed by atoms with van der Waals surface area (Å²) >= 11 is 0. The van der Waals surface area contributed by atoms with Crippen molar-refractivity contribution >= 4 is 17.4 Å². The number of aryl methyl sites for hydroxylation is 1. The lowest BCUT2D eigenvalue weighted by molar-refractivity contribution is -0.139. The number of carbonyl (C=O) groups is 2. The van der Waals surface area contributed by atoms with Gasteiger partial charge < -0.3 is 29.5 Å². The Kier molecular flexibility index (Phi) is 8.98. The topological polar surface area (TPSA) is 99.5 Å². The highest BCUT2D eigenvalue weighted by molar-refractivity contribution is 6.46. The first-order valence-electron chi connectivity index (χ1n) is 12.2. The molecule has 2 N–H and O–H groups in total. The Bertz CT molecular complexity index is 1140. The van der Waals surface area contributed by atoms with Gasteiger partial charge in [-0.15, -0.1) is 0 Å². The van der Waals surface area contributed by atoms with Crippen molar-refractivity contribution in [2.24, 2.45) is 0 Å². The van der Waals surface area contributed by atoms with Gasteiger partial charge >= 0.3 is 0 Å². The van der Waals surface area contributed by atoms with Crippen LogP contribution in [-0.2, 0) is 9.59 Å². The summed E-state index contributed by atoms with van der Waals surface area (Å²) < 4.78 is 11.0. The van der Waals surface area contributed by atoms with E-state index < -0.39 is 17.7 Å². The Hall–Kier alpha value is -3.52. The molecule has 0 spiro atoms. The number of phenolic OH excluding ortho intramolecular Hbond substituents is 1. The van der Waals surface area contributed by atoms with E-state index in [1.54, 1.807) is 24.3 Å². The number of amides is 1. The highest BCUT2D eigenvalue weighted by Gasteiger charge is 2.46. The molecular weight excluding hydrogens is 460 g/mol. The highest BCUT2D eigenvalue weighted by Crippen LogP contribution is 2.42. The Morgan fingerprint density at radius 2 is 1.86 bits per heavy atom. The number of ether oxygens (including phenoxy) is 2. The van der Waals surface area contributed by atoms with Crippen molar-refractivity contribution in [1.82, 2.24) is 9.80 Å². The standard InChI is InChI=1S/C28H36N2O6/c1-6-7-15-36-20-10-11-21(18(2)16-20)26(32)24-25(19-9-12-22(31)23(17-19)35-5)30(28(34)27(24)33)14-8-13-29(3)4/h9-12,16-17,25,31-32H,6-8,13-15H2,1-5H3/t25-/m0/s1. The third-order valence-corrected chi connectivity index (χ3v) is 6.28. The molecule has 1 amide bonds. The molecule has 0 unspecified atom stereocenters. The summed E-state index contributed by atoms with van der Waals surface area (Å²) in [6.45, 7) is 5.57. The molecule has 1 fully saturated rings. The minimum Gasteiger partial charge on any atom is -0.507 e. The molecule has 8 heteroatoms. The van der Waals surface area contributed by atoms with E-state index in [1.165, 1.54) is 18.1 Å². The van der Waals surface area contributed by atoms with Gasteiger partial charge in [-0.25, -0.2) is 0 Å². The van der Waals surface area contributed by atoms with Crippen LogP contribution in [0.1, 0.15) is 48.9 Å². The van der Waals surface area contributed by atoms with Gasteiger partial charge in [0.25, 0.3) is 11.7 Å². The summed E-state index contributed by atoms with van der Waals surface area (Å²) in [5.74, 6) is -0.794. The fourth-order valence-corrected chi connectivity index (χ4v) is 4.35. The number of benzene rings is 2. The average molecular weight is 497 g/mol. The van der Waals surface area contributed by atoms with E-state index in [2.05, 4.69) is 6.92 Å². The molecule has 0 aliphatic carbocycles. The number of aliphatic hydroxyl groups is 1. The van der Waals surface area contributed by atoms with Crippen molar-refractivity contribution in [1.29, 1.82) is 0 Å². The predicted molar refractivity (Wildman–Crippen MR) is 138 cm³/mol. The van der Waals surface area contributed by atoms with Crippen molar-refractivity contribution in [2.45, 2.75) is 39.2 Å². The van der Waals surface area contributed by atoms with Crippen molar-refractivity contribution in [3.63, 3.8) is 0 Å². The second-order valence-electron chi connectivity index (χ2n) is 9.26. The zero-order chi connectivity index (χ0) is 26.4. The molecule has 1 aliphatic heterocycles. The number of likely N-dealkylation sites (tertiary alicyclic amines) is 1. The largest absolute Gasteiger partial charge is 0.507 e. The number of aromatic hydroxyl groups is 1. The van der Waals surface area contributed by atoms with Crippen molar-refractivity contribution in [3.05, 3.63) is 58.7 Å². The second kappa shape index (κ2) is 11.9. The van der Waals surface area contributed by atoms with Crippen molar-refractivity contribution in [3.8, 4) is 17.2 Å². The summed E-state index contributed by atoms with van der Waals surface area (Å²) in [5, 5.41) is 21.5. The molecule has 0 radical (unpaired) electrons. The second-order valence-corrected chi connectivity index (χ2v) is 9.26. The lowest BCUT2D eigenvalue weighted by atomic mass is 9.93. The number of Topliss-reactive ketones (excluding diaryl/α,β-unsaturated/α-hetero) is 1. The number of nitrogens with zero attached hydrogens (tertiary/aromatic N) is 2. The number of methoxy groups -OCH3 is 1. The number of ketones is 1. The maximum atomic E-state index is 13.3. The molecule has 1 saturated heterocycles. The van der Waals surface area contributed by atoms with Gasteiger partial charge in [-0.3, -0.25) is 9.59 Å². The molecule has 0 saturated carbocycles. The van der Waals surface area contributed by atoms with Crippen molar-refractivity contribution in [2.75, 3.05) is 40.9 Å². The summed E-state index contributed by atoms with van der Waals surface area (Å²) in [7, 11) is 5.31. The van der Waals surface area contributed by atoms with Crippen LogP contribution < -0.4 is 9.47 Å². The van der Waals surface area contributed by atoms with E-state index in [4.69, 9.17) is 9.47 Å². The van der Waals surface area contributed by atoms with Gasteiger partial charge in [0, 0.05) is 12.1 Å². The fraction of sp³-hybridized carbons (Fsp3) is 0.429. The zero-order valence-corrected chi connectivity index (χ0v) is 21.7.